The van der Waals surface area contributed by atoms with E-state index in [0.717, 1.165) is 22.0 Å². The van der Waals surface area contributed by atoms with E-state index in [0.29, 0.717) is 13.0 Å². The molecule has 0 spiro atoms. The van der Waals surface area contributed by atoms with Crippen LogP contribution in [0.4, 0.5) is 4.79 Å². The molecule has 1 aromatic carbocycles. The molecule has 2 fully saturated rings. The summed E-state index contributed by atoms with van der Waals surface area (Å²) in [7, 11) is 0. The highest BCUT2D eigenvalue weighted by molar-refractivity contribution is 6.04. The number of carbonyl (C=O) groups excluding carboxylic acids is 3. The zero-order chi connectivity index (χ0) is 16.6. The van der Waals surface area contributed by atoms with Gasteiger partial charge in [0.15, 0.2) is 0 Å². The Labute approximate surface area is 134 Å². The molecule has 0 bridgehead atoms. The second kappa shape index (κ2) is 6.00. The van der Waals surface area contributed by atoms with Crippen molar-refractivity contribution in [3.05, 3.63) is 35.9 Å². The summed E-state index contributed by atoms with van der Waals surface area (Å²) in [5.41, 5.74) is 0.801. The highest BCUT2D eigenvalue weighted by Gasteiger charge is 2.49. The molecule has 0 saturated carbocycles. The lowest BCUT2D eigenvalue weighted by Gasteiger charge is -2.43. The Morgan fingerprint density at radius 3 is 2.65 bits per heavy atom. The highest BCUT2D eigenvalue weighted by atomic mass is 16.3. The van der Waals surface area contributed by atoms with Gasteiger partial charge in [0.25, 0.3) is 11.8 Å². The number of hydrogen-bond acceptors (Lipinski definition) is 4. The van der Waals surface area contributed by atoms with Crippen molar-refractivity contribution in [1.82, 2.24) is 14.9 Å². The molecule has 2 aliphatic rings. The van der Waals surface area contributed by atoms with E-state index in [2.05, 4.69) is 0 Å². The van der Waals surface area contributed by atoms with Crippen molar-refractivity contribution in [2.75, 3.05) is 6.54 Å². The van der Waals surface area contributed by atoms with E-state index in [-0.39, 0.29) is 12.6 Å². The molecule has 2 saturated heterocycles. The molecule has 1 N–H and O–H groups in total. The number of nitrogens with zero attached hydrogens (tertiary/aromatic N) is 3. The minimum Gasteiger partial charge on any atom is -0.383 e. The number of benzene rings is 1. The highest BCUT2D eigenvalue weighted by Crippen LogP contribution is 2.28. The van der Waals surface area contributed by atoms with Crippen LogP contribution in [0.5, 0.6) is 0 Å². The molecule has 0 unspecified atom stereocenters. The quantitative estimate of drug-likeness (QED) is 0.891. The molecule has 2 aliphatic heterocycles. The van der Waals surface area contributed by atoms with Gasteiger partial charge in [-0.1, -0.05) is 30.3 Å². The summed E-state index contributed by atoms with van der Waals surface area (Å²) in [5.74, 6) is -1.21. The van der Waals surface area contributed by atoms with Crippen LogP contribution in [0.25, 0.3) is 0 Å². The van der Waals surface area contributed by atoms with E-state index >= 15 is 0 Å². The van der Waals surface area contributed by atoms with E-state index in [1.165, 1.54) is 11.8 Å². The number of carbonyl (C=O) groups is 3. The third-order valence-corrected chi connectivity index (χ3v) is 4.20. The second-order valence-electron chi connectivity index (χ2n) is 5.84. The maximum absolute atomic E-state index is 12.7. The molecule has 122 valence electrons. The SMILES string of the molecule is C[C@H](O)C(=O)N1C(=O)[C@@H]2CCCN2C(=O)N1Cc1ccccc1. The Hall–Kier alpha value is -2.41. The average Bonchev–Trinajstić information content (AvgIpc) is 3.03. The Bertz CT molecular complexity index is 631. The number of hydrogen-bond donors (Lipinski definition) is 1. The van der Waals surface area contributed by atoms with Crippen molar-refractivity contribution in [3.8, 4) is 0 Å². The first-order valence-electron chi connectivity index (χ1n) is 7.68. The lowest BCUT2D eigenvalue weighted by atomic mass is 10.1. The number of hydrazine groups is 1. The molecule has 0 radical (unpaired) electrons. The lowest BCUT2D eigenvalue weighted by molar-refractivity contribution is -0.174. The van der Waals surface area contributed by atoms with Gasteiger partial charge >= 0.3 is 6.03 Å². The van der Waals surface area contributed by atoms with Crippen LogP contribution < -0.4 is 0 Å². The third kappa shape index (κ3) is 2.68. The van der Waals surface area contributed by atoms with Gasteiger partial charge < -0.3 is 10.0 Å². The van der Waals surface area contributed by atoms with Gasteiger partial charge in [0, 0.05) is 6.54 Å². The third-order valence-electron chi connectivity index (χ3n) is 4.20. The summed E-state index contributed by atoms with van der Waals surface area (Å²) in [5, 5.41) is 11.6. The second-order valence-corrected chi connectivity index (χ2v) is 5.84. The molecular weight excluding hydrogens is 298 g/mol. The maximum atomic E-state index is 12.7. The Morgan fingerprint density at radius 2 is 2.00 bits per heavy atom. The number of urea groups is 1. The standard InChI is InChI=1S/C16H19N3O4/c1-11(20)14(21)19-15(22)13-8-5-9-17(13)16(23)18(19)10-12-6-3-2-4-7-12/h2-4,6-7,11,13,20H,5,8-10H2,1H3/t11-,13-/m0/s1. The van der Waals surface area contributed by atoms with Crippen LogP contribution >= 0.6 is 0 Å². The largest absolute Gasteiger partial charge is 0.383 e. The van der Waals surface area contributed by atoms with Gasteiger partial charge in [-0.05, 0) is 25.3 Å². The van der Waals surface area contributed by atoms with Gasteiger partial charge in [0.1, 0.15) is 12.1 Å². The van der Waals surface area contributed by atoms with Crippen molar-refractivity contribution in [2.24, 2.45) is 0 Å². The van der Waals surface area contributed by atoms with Crippen LogP contribution in [0.3, 0.4) is 0 Å². The molecule has 0 aromatic heterocycles. The zero-order valence-electron chi connectivity index (χ0n) is 12.9. The minimum absolute atomic E-state index is 0.104. The Kier molecular flexibility index (Phi) is 4.04. The first kappa shape index (κ1) is 15.5. The molecule has 2 heterocycles. The fourth-order valence-electron chi connectivity index (χ4n) is 3.05. The van der Waals surface area contributed by atoms with Crippen molar-refractivity contribution in [2.45, 2.75) is 38.5 Å². The number of aliphatic hydroxyl groups excluding tert-OH is 1. The Morgan fingerprint density at radius 1 is 1.30 bits per heavy atom. The van der Waals surface area contributed by atoms with Gasteiger partial charge in [-0.25, -0.2) is 9.80 Å². The van der Waals surface area contributed by atoms with Crippen molar-refractivity contribution >= 4 is 17.8 Å². The fourth-order valence-corrected chi connectivity index (χ4v) is 3.05. The smallest absolute Gasteiger partial charge is 0.340 e. The summed E-state index contributed by atoms with van der Waals surface area (Å²) in [6.07, 6.45) is -0.0660. The van der Waals surface area contributed by atoms with Gasteiger partial charge in [-0.2, -0.15) is 5.01 Å². The van der Waals surface area contributed by atoms with E-state index in [9.17, 15) is 19.5 Å². The van der Waals surface area contributed by atoms with Gasteiger partial charge in [0.05, 0.1) is 6.54 Å². The number of aliphatic hydroxyl groups is 1. The number of fused-ring (bicyclic) bond motifs is 1. The predicted octanol–water partition coefficient (Wildman–Crippen LogP) is 0.738. The Balaban J connectivity index is 1.95. The van der Waals surface area contributed by atoms with E-state index in [1.54, 1.807) is 0 Å². The topological polar surface area (TPSA) is 81.2 Å². The molecule has 3 rings (SSSR count). The van der Waals surface area contributed by atoms with Crippen molar-refractivity contribution in [3.63, 3.8) is 0 Å². The van der Waals surface area contributed by atoms with Gasteiger partial charge in [-0.15, -0.1) is 0 Å². The van der Waals surface area contributed by atoms with Crippen LogP contribution in [-0.4, -0.2) is 56.6 Å². The van der Waals surface area contributed by atoms with Crippen LogP contribution in [0, 0.1) is 0 Å². The molecule has 1 aromatic rings. The van der Waals surface area contributed by atoms with Crippen LogP contribution in [0.15, 0.2) is 30.3 Å². The number of rotatable bonds is 3. The molecule has 0 aliphatic carbocycles. The monoisotopic (exact) mass is 317 g/mol. The molecule has 4 amide bonds. The summed E-state index contributed by atoms with van der Waals surface area (Å²) in [6.45, 7) is 1.91. The van der Waals surface area contributed by atoms with E-state index < -0.39 is 24.0 Å². The van der Waals surface area contributed by atoms with Crippen molar-refractivity contribution < 1.29 is 19.5 Å². The first-order valence-corrected chi connectivity index (χ1v) is 7.68. The molecular formula is C16H19N3O4. The first-order chi connectivity index (χ1) is 11.0. The molecule has 2 atom stereocenters. The molecule has 7 heteroatoms. The van der Waals surface area contributed by atoms with Gasteiger partial charge in [0.2, 0.25) is 0 Å². The minimum atomic E-state index is -1.35. The van der Waals surface area contributed by atoms with Crippen LogP contribution in [-0.2, 0) is 16.1 Å². The van der Waals surface area contributed by atoms with Crippen molar-refractivity contribution in [1.29, 1.82) is 0 Å². The summed E-state index contributed by atoms with van der Waals surface area (Å²) < 4.78 is 0. The zero-order valence-corrected chi connectivity index (χ0v) is 12.9. The average molecular weight is 317 g/mol. The maximum Gasteiger partial charge on any atom is 0.340 e. The molecule has 23 heavy (non-hydrogen) atoms. The molecule has 7 nitrogen and oxygen atoms in total. The summed E-state index contributed by atoms with van der Waals surface area (Å²) in [6, 6.07) is 8.16. The number of imide groups is 1. The summed E-state index contributed by atoms with van der Waals surface area (Å²) >= 11 is 0. The summed E-state index contributed by atoms with van der Waals surface area (Å²) in [4.78, 5) is 39.2. The van der Waals surface area contributed by atoms with Gasteiger partial charge in [-0.3, -0.25) is 9.59 Å². The van der Waals surface area contributed by atoms with Crippen LogP contribution in [0.1, 0.15) is 25.3 Å². The van der Waals surface area contributed by atoms with E-state index in [4.69, 9.17) is 0 Å². The predicted molar refractivity (Wildman–Crippen MR) is 80.6 cm³/mol. The fraction of sp³-hybridized carbons (Fsp3) is 0.438. The van der Waals surface area contributed by atoms with Crippen LogP contribution in [0.2, 0.25) is 0 Å². The number of amides is 4. The lowest BCUT2D eigenvalue weighted by Crippen LogP contribution is -2.67. The normalized spacial score (nSPS) is 22.3. The van der Waals surface area contributed by atoms with E-state index in [1.807, 2.05) is 30.3 Å².